The fraction of sp³-hybridized carbons (Fsp3) is 0.579. The quantitative estimate of drug-likeness (QED) is 0.117. The number of aliphatic carboxylic acids is 2. The largest absolute Gasteiger partial charge is 0.481 e. The number of imidazole rings is 1. The first-order valence-corrected chi connectivity index (χ1v) is 12.3. The summed E-state index contributed by atoms with van der Waals surface area (Å²) in [6.45, 7) is 0. The summed E-state index contributed by atoms with van der Waals surface area (Å²) >= 11 is 5.30. The van der Waals surface area contributed by atoms with Crippen LogP contribution in [0.3, 0.4) is 0 Å². The van der Waals surface area contributed by atoms with E-state index in [1.807, 2.05) is 6.26 Å². The van der Waals surface area contributed by atoms with Gasteiger partial charge in [0.2, 0.25) is 17.7 Å². The Bertz CT molecular complexity index is 839. The van der Waals surface area contributed by atoms with Crippen molar-refractivity contribution in [2.45, 2.75) is 49.9 Å². The van der Waals surface area contributed by atoms with Crippen LogP contribution >= 0.6 is 24.4 Å². The van der Waals surface area contributed by atoms with E-state index in [0.29, 0.717) is 11.4 Å². The Morgan fingerprint density at radius 3 is 2.15 bits per heavy atom. The lowest BCUT2D eigenvalue weighted by Crippen LogP contribution is -2.57. The van der Waals surface area contributed by atoms with Gasteiger partial charge >= 0.3 is 11.9 Å². The molecule has 15 heteroatoms. The van der Waals surface area contributed by atoms with E-state index in [1.165, 1.54) is 24.3 Å². The van der Waals surface area contributed by atoms with E-state index in [4.69, 9.17) is 15.9 Å². The summed E-state index contributed by atoms with van der Waals surface area (Å²) in [5.41, 5.74) is 6.56. The molecule has 0 radical (unpaired) electrons. The Morgan fingerprint density at radius 1 is 1.06 bits per heavy atom. The zero-order valence-corrected chi connectivity index (χ0v) is 20.2. The number of carbonyl (C=O) groups excluding carboxylic acids is 3. The number of carboxylic acids is 2. The van der Waals surface area contributed by atoms with Crippen LogP contribution in [-0.4, -0.2) is 91.8 Å². The number of rotatable bonds is 16. The second kappa shape index (κ2) is 15.2. The summed E-state index contributed by atoms with van der Waals surface area (Å²) in [6.07, 6.45) is 4.42. The highest BCUT2D eigenvalue weighted by atomic mass is 32.2. The van der Waals surface area contributed by atoms with Gasteiger partial charge in [0.25, 0.3) is 0 Å². The molecule has 1 aromatic heterocycles. The zero-order valence-electron chi connectivity index (χ0n) is 18.5. The fourth-order valence-electron chi connectivity index (χ4n) is 2.78. The Labute approximate surface area is 205 Å². The third kappa shape index (κ3) is 10.4. The highest BCUT2D eigenvalue weighted by molar-refractivity contribution is 7.98. The van der Waals surface area contributed by atoms with E-state index in [1.54, 1.807) is 0 Å². The molecule has 0 aliphatic carbocycles. The van der Waals surface area contributed by atoms with Crippen molar-refractivity contribution in [3.8, 4) is 0 Å². The van der Waals surface area contributed by atoms with Gasteiger partial charge in [-0.05, 0) is 24.9 Å². The lowest BCUT2D eigenvalue weighted by molar-refractivity contribution is -0.142. The van der Waals surface area contributed by atoms with Gasteiger partial charge in [0.15, 0.2) is 0 Å². The van der Waals surface area contributed by atoms with Gasteiger partial charge in [-0.2, -0.15) is 24.4 Å². The molecule has 4 unspecified atom stereocenters. The van der Waals surface area contributed by atoms with E-state index in [0.717, 1.165) is 0 Å². The average Bonchev–Trinajstić information content (AvgIpc) is 3.29. The number of H-pyrrole nitrogens is 1. The monoisotopic (exact) mass is 518 g/mol. The number of hydrogen-bond acceptors (Lipinski definition) is 9. The minimum atomic E-state index is -1.34. The van der Waals surface area contributed by atoms with Gasteiger partial charge in [-0.3, -0.25) is 19.2 Å². The van der Waals surface area contributed by atoms with Crippen LogP contribution in [0.1, 0.15) is 25.0 Å². The molecule has 190 valence electrons. The van der Waals surface area contributed by atoms with E-state index < -0.39 is 60.2 Å². The molecule has 34 heavy (non-hydrogen) atoms. The predicted molar refractivity (Wildman–Crippen MR) is 127 cm³/mol. The Hall–Kier alpha value is -2.78. The summed E-state index contributed by atoms with van der Waals surface area (Å²) in [6, 6.07) is -4.68. The average molecular weight is 519 g/mol. The van der Waals surface area contributed by atoms with Crippen LogP contribution in [0.2, 0.25) is 0 Å². The number of carboxylic acid groups (broad SMARTS) is 2. The topological polar surface area (TPSA) is 217 Å². The highest BCUT2D eigenvalue weighted by Gasteiger charge is 2.30. The van der Waals surface area contributed by atoms with Crippen LogP contribution in [0.5, 0.6) is 0 Å². The fourth-order valence-corrected chi connectivity index (χ4v) is 3.49. The SMILES string of the molecule is CSCCC(NC(=O)C(N)Cc1cnc[nH]1)C(=O)NC(CCC(=O)O)C(=O)NC(CS)C(=O)O. The maximum absolute atomic E-state index is 12.9. The first kappa shape index (κ1) is 29.3. The molecule has 0 fully saturated rings. The van der Waals surface area contributed by atoms with Crippen molar-refractivity contribution in [2.75, 3.05) is 17.8 Å². The molecule has 0 bridgehead atoms. The third-order valence-corrected chi connectivity index (χ3v) is 5.66. The Balaban J connectivity index is 2.91. The van der Waals surface area contributed by atoms with Crippen LogP contribution in [0.4, 0.5) is 0 Å². The van der Waals surface area contributed by atoms with Gasteiger partial charge in [-0.15, -0.1) is 0 Å². The lowest BCUT2D eigenvalue weighted by Gasteiger charge is -2.24. The zero-order chi connectivity index (χ0) is 25.7. The number of aromatic amines is 1. The molecule has 1 aromatic rings. The molecule has 0 aliphatic rings. The standard InChI is InChI=1S/C19H30N6O7S2/c1-34-5-4-13(23-16(28)11(20)6-10-7-21-9-22-10)18(30)24-12(2-3-15(26)27)17(29)25-14(8-33)19(31)32/h7,9,11-14,33H,2-6,8,20H2,1H3,(H,21,22)(H,23,28)(H,24,30)(H,25,29)(H,26,27)(H,31,32). The van der Waals surface area contributed by atoms with Crippen LogP contribution in [0.15, 0.2) is 12.5 Å². The Morgan fingerprint density at radius 2 is 1.65 bits per heavy atom. The first-order valence-electron chi connectivity index (χ1n) is 10.3. The molecule has 0 aliphatic heterocycles. The van der Waals surface area contributed by atoms with Crippen LogP contribution in [-0.2, 0) is 30.4 Å². The summed E-state index contributed by atoms with van der Waals surface area (Å²) < 4.78 is 0. The van der Waals surface area contributed by atoms with Gasteiger partial charge in [0, 0.05) is 30.5 Å². The van der Waals surface area contributed by atoms with Gasteiger partial charge in [-0.1, -0.05) is 0 Å². The van der Waals surface area contributed by atoms with Gasteiger partial charge in [0.05, 0.1) is 12.4 Å². The predicted octanol–water partition coefficient (Wildman–Crippen LogP) is -1.63. The highest BCUT2D eigenvalue weighted by Crippen LogP contribution is 2.06. The summed E-state index contributed by atoms with van der Waals surface area (Å²) in [5, 5.41) is 25.3. The number of thiol groups is 1. The van der Waals surface area contributed by atoms with Crippen LogP contribution in [0, 0.1) is 0 Å². The van der Waals surface area contributed by atoms with Crippen molar-refractivity contribution in [2.24, 2.45) is 5.73 Å². The third-order valence-electron chi connectivity index (χ3n) is 4.65. The van der Waals surface area contributed by atoms with Crippen molar-refractivity contribution >= 4 is 54.1 Å². The van der Waals surface area contributed by atoms with E-state index in [9.17, 15) is 24.0 Å². The molecule has 3 amide bonds. The van der Waals surface area contributed by atoms with Gasteiger partial charge < -0.3 is 36.9 Å². The number of nitrogens with one attached hydrogen (secondary N) is 4. The smallest absolute Gasteiger partial charge is 0.327 e. The number of nitrogens with zero attached hydrogens (tertiary/aromatic N) is 1. The summed E-state index contributed by atoms with van der Waals surface area (Å²) in [4.78, 5) is 66.9. The van der Waals surface area contributed by atoms with Crippen molar-refractivity contribution in [1.82, 2.24) is 25.9 Å². The maximum atomic E-state index is 12.9. The molecule has 0 saturated heterocycles. The van der Waals surface area contributed by atoms with Crippen molar-refractivity contribution in [3.05, 3.63) is 18.2 Å². The van der Waals surface area contributed by atoms with E-state index in [2.05, 4.69) is 38.5 Å². The van der Waals surface area contributed by atoms with Crippen molar-refractivity contribution in [3.63, 3.8) is 0 Å². The minimum Gasteiger partial charge on any atom is -0.481 e. The van der Waals surface area contributed by atoms with E-state index in [-0.39, 0.29) is 25.0 Å². The number of amides is 3. The van der Waals surface area contributed by atoms with Gasteiger partial charge in [-0.25, -0.2) is 9.78 Å². The normalized spacial score (nSPS) is 14.3. The molecule has 0 aromatic carbocycles. The number of aromatic nitrogens is 2. The van der Waals surface area contributed by atoms with Crippen LogP contribution in [0.25, 0.3) is 0 Å². The molecular weight excluding hydrogens is 488 g/mol. The van der Waals surface area contributed by atoms with Gasteiger partial charge in [0.1, 0.15) is 18.1 Å². The second-order valence-corrected chi connectivity index (χ2v) is 8.66. The molecule has 13 nitrogen and oxygen atoms in total. The van der Waals surface area contributed by atoms with Crippen molar-refractivity contribution < 1.29 is 34.2 Å². The molecule has 8 N–H and O–H groups in total. The summed E-state index contributed by atoms with van der Waals surface area (Å²) in [5.74, 6) is -4.43. The molecule has 1 heterocycles. The maximum Gasteiger partial charge on any atom is 0.327 e. The molecule has 4 atom stereocenters. The van der Waals surface area contributed by atoms with E-state index >= 15 is 0 Å². The van der Waals surface area contributed by atoms with Crippen LogP contribution < -0.4 is 21.7 Å². The van der Waals surface area contributed by atoms with Crippen molar-refractivity contribution in [1.29, 1.82) is 0 Å². The summed E-state index contributed by atoms with van der Waals surface area (Å²) in [7, 11) is 0. The first-order chi connectivity index (χ1) is 16.1. The lowest BCUT2D eigenvalue weighted by atomic mass is 10.1. The molecule has 1 rings (SSSR count). The number of hydrogen-bond donors (Lipinski definition) is 8. The molecule has 0 spiro atoms. The number of nitrogens with two attached hydrogens (primary N) is 1. The second-order valence-electron chi connectivity index (χ2n) is 7.31. The minimum absolute atomic E-state index is 0.159. The number of thioether (sulfide) groups is 1. The molecular formula is C19H30N6O7S2. The molecule has 0 saturated carbocycles. The number of carbonyl (C=O) groups is 5. The Kier molecular flexibility index (Phi) is 13.1.